The van der Waals surface area contributed by atoms with Crippen LogP contribution in [-0.4, -0.2) is 24.7 Å². The second-order valence-electron chi connectivity index (χ2n) is 6.23. The third-order valence-electron chi connectivity index (χ3n) is 3.17. The van der Waals surface area contributed by atoms with Crippen LogP contribution in [-0.2, 0) is 0 Å². The van der Waals surface area contributed by atoms with Crippen molar-refractivity contribution in [1.29, 1.82) is 0 Å². The fraction of sp³-hybridized carbons (Fsp3) is 1.00. The standard InChI is InChI=1S/C12H26N2/c1-11(2,3)14-9-10-12(4,5)7-6-8-13-10/h10,13-14H,6-9H2,1-5H3. The minimum atomic E-state index is 0.231. The van der Waals surface area contributed by atoms with Gasteiger partial charge in [0, 0.05) is 18.1 Å². The molecule has 1 fully saturated rings. The number of rotatable bonds is 2. The highest BCUT2D eigenvalue weighted by Gasteiger charge is 2.32. The molecule has 1 atom stereocenters. The van der Waals surface area contributed by atoms with Crippen LogP contribution in [0.25, 0.3) is 0 Å². The summed E-state index contributed by atoms with van der Waals surface area (Å²) in [6, 6.07) is 0.621. The smallest absolute Gasteiger partial charge is 0.0243 e. The molecule has 0 aromatic heterocycles. The Kier molecular flexibility index (Phi) is 3.59. The molecule has 0 radical (unpaired) electrons. The van der Waals surface area contributed by atoms with Crippen LogP contribution in [0.3, 0.4) is 0 Å². The molecule has 2 N–H and O–H groups in total. The number of piperidine rings is 1. The Bertz CT molecular complexity index is 179. The van der Waals surface area contributed by atoms with Gasteiger partial charge in [-0.2, -0.15) is 0 Å². The van der Waals surface area contributed by atoms with Crippen molar-refractivity contribution in [2.75, 3.05) is 13.1 Å². The average molecular weight is 198 g/mol. The summed E-state index contributed by atoms with van der Waals surface area (Å²) in [7, 11) is 0. The lowest BCUT2D eigenvalue weighted by Crippen LogP contribution is -2.54. The summed E-state index contributed by atoms with van der Waals surface area (Å²) < 4.78 is 0. The van der Waals surface area contributed by atoms with Crippen LogP contribution in [0.5, 0.6) is 0 Å². The van der Waals surface area contributed by atoms with E-state index in [0.717, 1.165) is 6.54 Å². The van der Waals surface area contributed by atoms with E-state index < -0.39 is 0 Å². The van der Waals surface area contributed by atoms with Gasteiger partial charge in [0.15, 0.2) is 0 Å². The van der Waals surface area contributed by atoms with Gasteiger partial charge in [0.05, 0.1) is 0 Å². The first kappa shape index (κ1) is 12.0. The van der Waals surface area contributed by atoms with Gasteiger partial charge in [0.1, 0.15) is 0 Å². The molecule has 14 heavy (non-hydrogen) atoms. The van der Waals surface area contributed by atoms with Gasteiger partial charge in [-0.05, 0) is 45.6 Å². The zero-order chi connectivity index (χ0) is 10.8. The molecular weight excluding hydrogens is 172 g/mol. The molecule has 84 valence electrons. The Morgan fingerprint density at radius 2 is 2.00 bits per heavy atom. The normalized spacial score (nSPS) is 27.6. The lowest BCUT2D eigenvalue weighted by atomic mass is 9.77. The SMILES string of the molecule is CC(C)(C)NCC1NCCCC1(C)C. The van der Waals surface area contributed by atoms with E-state index in [4.69, 9.17) is 0 Å². The van der Waals surface area contributed by atoms with Crippen molar-refractivity contribution in [3.63, 3.8) is 0 Å². The molecule has 1 aliphatic rings. The molecular formula is C12H26N2. The summed E-state index contributed by atoms with van der Waals surface area (Å²) in [6.45, 7) is 13.7. The Morgan fingerprint density at radius 1 is 1.36 bits per heavy atom. The third kappa shape index (κ3) is 3.58. The van der Waals surface area contributed by atoms with Gasteiger partial charge in [-0.25, -0.2) is 0 Å². The first-order valence-electron chi connectivity index (χ1n) is 5.80. The van der Waals surface area contributed by atoms with Crippen molar-refractivity contribution in [1.82, 2.24) is 10.6 Å². The summed E-state index contributed by atoms with van der Waals surface area (Å²) in [5.74, 6) is 0. The molecule has 2 heteroatoms. The summed E-state index contributed by atoms with van der Waals surface area (Å²) in [5, 5.41) is 7.20. The van der Waals surface area contributed by atoms with E-state index in [1.54, 1.807) is 0 Å². The van der Waals surface area contributed by atoms with E-state index in [1.165, 1.54) is 19.4 Å². The first-order chi connectivity index (χ1) is 6.31. The molecule has 1 rings (SSSR count). The van der Waals surface area contributed by atoms with Crippen LogP contribution in [0.1, 0.15) is 47.5 Å². The molecule has 0 spiro atoms. The van der Waals surface area contributed by atoms with Crippen LogP contribution in [0, 0.1) is 5.41 Å². The predicted molar refractivity (Wildman–Crippen MR) is 62.6 cm³/mol. The van der Waals surface area contributed by atoms with E-state index in [9.17, 15) is 0 Å². The van der Waals surface area contributed by atoms with Gasteiger partial charge in [0.2, 0.25) is 0 Å². The molecule has 0 amide bonds. The van der Waals surface area contributed by atoms with E-state index >= 15 is 0 Å². The average Bonchev–Trinajstić information content (AvgIpc) is 2.00. The second kappa shape index (κ2) is 4.19. The van der Waals surface area contributed by atoms with Crippen molar-refractivity contribution >= 4 is 0 Å². The zero-order valence-corrected chi connectivity index (χ0v) is 10.4. The van der Waals surface area contributed by atoms with Crippen molar-refractivity contribution < 1.29 is 0 Å². The lowest BCUT2D eigenvalue weighted by molar-refractivity contribution is 0.168. The van der Waals surface area contributed by atoms with Crippen molar-refractivity contribution in [2.45, 2.75) is 59.0 Å². The topological polar surface area (TPSA) is 24.1 Å². The molecule has 0 aliphatic carbocycles. The van der Waals surface area contributed by atoms with Crippen LogP contribution < -0.4 is 10.6 Å². The Labute approximate surface area is 88.8 Å². The van der Waals surface area contributed by atoms with Gasteiger partial charge in [-0.3, -0.25) is 0 Å². The zero-order valence-electron chi connectivity index (χ0n) is 10.4. The van der Waals surface area contributed by atoms with Crippen LogP contribution in [0.2, 0.25) is 0 Å². The molecule has 1 aliphatic heterocycles. The van der Waals surface area contributed by atoms with Gasteiger partial charge in [-0.15, -0.1) is 0 Å². The third-order valence-corrected chi connectivity index (χ3v) is 3.17. The lowest BCUT2D eigenvalue weighted by Gasteiger charge is -2.41. The van der Waals surface area contributed by atoms with Crippen molar-refractivity contribution in [3.8, 4) is 0 Å². The quantitative estimate of drug-likeness (QED) is 0.710. The van der Waals surface area contributed by atoms with E-state index in [2.05, 4.69) is 45.3 Å². The molecule has 0 aromatic rings. The summed E-state index contributed by atoms with van der Waals surface area (Å²) in [4.78, 5) is 0. The van der Waals surface area contributed by atoms with E-state index in [1.807, 2.05) is 0 Å². The fourth-order valence-electron chi connectivity index (χ4n) is 2.03. The van der Waals surface area contributed by atoms with Gasteiger partial charge in [0.25, 0.3) is 0 Å². The fourth-order valence-corrected chi connectivity index (χ4v) is 2.03. The summed E-state index contributed by atoms with van der Waals surface area (Å²) in [6.07, 6.45) is 2.66. The molecule has 0 saturated carbocycles. The largest absolute Gasteiger partial charge is 0.312 e. The Hall–Kier alpha value is -0.0800. The second-order valence-corrected chi connectivity index (χ2v) is 6.23. The minimum Gasteiger partial charge on any atom is -0.312 e. The molecule has 1 heterocycles. The van der Waals surface area contributed by atoms with Gasteiger partial charge < -0.3 is 10.6 Å². The Morgan fingerprint density at radius 3 is 2.50 bits per heavy atom. The first-order valence-corrected chi connectivity index (χ1v) is 5.80. The van der Waals surface area contributed by atoms with Gasteiger partial charge in [-0.1, -0.05) is 13.8 Å². The maximum Gasteiger partial charge on any atom is 0.0243 e. The predicted octanol–water partition coefficient (Wildman–Crippen LogP) is 2.15. The summed E-state index contributed by atoms with van der Waals surface area (Å²) >= 11 is 0. The van der Waals surface area contributed by atoms with E-state index in [0.29, 0.717) is 11.5 Å². The van der Waals surface area contributed by atoms with Crippen molar-refractivity contribution in [2.24, 2.45) is 5.41 Å². The van der Waals surface area contributed by atoms with Crippen molar-refractivity contribution in [3.05, 3.63) is 0 Å². The highest BCUT2D eigenvalue weighted by atomic mass is 15.0. The molecule has 2 nitrogen and oxygen atoms in total. The van der Waals surface area contributed by atoms with Crippen LogP contribution >= 0.6 is 0 Å². The molecule has 1 unspecified atom stereocenters. The maximum atomic E-state index is 3.62. The number of nitrogens with one attached hydrogen (secondary N) is 2. The molecule has 0 aromatic carbocycles. The minimum absolute atomic E-state index is 0.231. The van der Waals surface area contributed by atoms with E-state index in [-0.39, 0.29) is 5.54 Å². The maximum absolute atomic E-state index is 3.62. The van der Waals surface area contributed by atoms with Gasteiger partial charge >= 0.3 is 0 Å². The Balaban J connectivity index is 2.42. The number of hydrogen-bond acceptors (Lipinski definition) is 2. The number of hydrogen-bond donors (Lipinski definition) is 2. The monoisotopic (exact) mass is 198 g/mol. The molecule has 1 saturated heterocycles. The highest BCUT2D eigenvalue weighted by molar-refractivity contribution is 4.90. The molecule has 0 bridgehead atoms. The highest BCUT2D eigenvalue weighted by Crippen LogP contribution is 2.29. The van der Waals surface area contributed by atoms with Crippen LogP contribution in [0.4, 0.5) is 0 Å². The summed E-state index contributed by atoms with van der Waals surface area (Å²) in [5.41, 5.74) is 0.672. The van der Waals surface area contributed by atoms with Crippen LogP contribution in [0.15, 0.2) is 0 Å².